The summed E-state index contributed by atoms with van der Waals surface area (Å²) in [5, 5.41) is 3.15. The monoisotopic (exact) mass is 423 g/mol. The Kier molecular flexibility index (Phi) is 6.32. The summed E-state index contributed by atoms with van der Waals surface area (Å²) in [6.45, 7) is 2.81. The van der Waals surface area contributed by atoms with E-state index in [0.717, 1.165) is 24.5 Å². The van der Waals surface area contributed by atoms with Crippen LogP contribution in [0.5, 0.6) is 0 Å². The van der Waals surface area contributed by atoms with Gasteiger partial charge < -0.3 is 15.0 Å². The van der Waals surface area contributed by atoms with Crippen molar-refractivity contribution in [3.8, 4) is 0 Å². The van der Waals surface area contributed by atoms with Gasteiger partial charge in [-0.15, -0.1) is 0 Å². The van der Waals surface area contributed by atoms with Crippen molar-refractivity contribution in [3.63, 3.8) is 0 Å². The van der Waals surface area contributed by atoms with Crippen LogP contribution in [0.25, 0.3) is 5.57 Å². The van der Waals surface area contributed by atoms with Crippen LogP contribution in [0.3, 0.4) is 0 Å². The van der Waals surface area contributed by atoms with E-state index in [2.05, 4.69) is 10.2 Å². The zero-order valence-electron chi connectivity index (χ0n) is 17.6. The second-order valence-corrected chi connectivity index (χ2v) is 7.73. The lowest BCUT2D eigenvalue weighted by atomic mass is 10.0. The number of nitrogens with one attached hydrogen (secondary N) is 1. The molecule has 0 atom stereocenters. The summed E-state index contributed by atoms with van der Waals surface area (Å²) in [7, 11) is 1.58. The van der Waals surface area contributed by atoms with E-state index in [-0.39, 0.29) is 29.6 Å². The lowest BCUT2D eigenvalue weighted by Gasteiger charge is -2.18. The van der Waals surface area contributed by atoms with E-state index in [9.17, 15) is 14.0 Å². The van der Waals surface area contributed by atoms with Crippen molar-refractivity contribution >= 4 is 28.8 Å². The number of benzene rings is 2. The van der Waals surface area contributed by atoms with Gasteiger partial charge in [0.1, 0.15) is 11.5 Å². The largest absolute Gasteiger partial charge is 0.385 e. The summed E-state index contributed by atoms with van der Waals surface area (Å²) >= 11 is 0. The number of methoxy groups -OCH3 is 1. The molecule has 1 fully saturated rings. The molecule has 1 saturated heterocycles. The van der Waals surface area contributed by atoms with Gasteiger partial charge in [0.2, 0.25) is 0 Å². The van der Waals surface area contributed by atoms with Gasteiger partial charge in [-0.3, -0.25) is 14.5 Å². The highest BCUT2D eigenvalue weighted by atomic mass is 19.1. The minimum Gasteiger partial charge on any atom is -0.385 e. The van der Waals surface area contributed by atoms with Crippen molar-refractivity contribution in [2.45, 2.75) is 19.3 Å². The molecule has 6 nitrogen and oxygen atoms in total. The number of amides is 2. The van der Waals surface area contributed by atoms with Gasteiger partial charge in [-0.1, -0.05) is 12.1 Å². The zero-order valence-corrected chi connectivity index (χ0v) is 17.6. The van der Waals surface area contributed by atoms with Gasteiger partial charge in [-0.25, -0.2) is 4.39 Å². The van der Waals surface area contributed by atoms with Crippen molar-refractivity contribution in [3.05, 3.63) is 65.6 Å². The van der Waals surface area contributed by atoms with Gasteiger partial charge in [-0.05, 0) is 61.2 Å². The highest BCUT2D eigenvalue weighted by Crippen LogP contribution is 2.31. The van der Waals surface area contributed by atoms with E-state index in [1.807, 2.05) is 24.3 Å². The lowest BCUT2D eigenvalue weighted by Crippen LogP contribution is -2.33. The second kappa shape index (κ2) is 9.31. The number of imide groups is 1. The van der Waals surface area contributed by atoms with Gasteiger partial charge >= 0.3 is 0 Å². The molecule has 2 aliphatic rings. The van der Waals surface area contributed by atoms with E-state index in [4.69, 9.17) is 4.74 Å². The van der Waals surface area contributed by atoms with Crippen LogP contribution in [0.4, 0.5) is 15.8 Å². The summed E-state index contributed by atoms with van der Waals surface area (Å²) in [6.07, 6.45) is 2.94. The van der Waals surface area contributed by atoms with Gasteiger partial charge in [0.05, 0.1) is 5.57 Å². The average molecular weight is 423 g/mol. The second-order valence-electron chi connectivity index (χ2n) is 7.73. The average Bonchev–Trinajstić information content (AvgIpc) is 3.39. The molecular weight excluding hydrogens is 397 g/mol. The van der Waals surface area contributed by atoms with E-state index < -0.39 is 5.82 Å². The van der Waals surface area contributed by atoms with Crippen LogP contribution in [0.15, 0.2) is 54.2 Å². The number of rotatable bonds is 8. The predicted octanol–water partition coefficient (Wildman–Crippen LogP) is 3.65. The number of carbonyl (C=O) groups is 2. The lowest BCUT2D eigenvalue weighted by molar-refractivity contribution is -0.136. The fourth-order valence-electron chi connectivity index (χ4n) is 4.02. The van der Waals surface area contributed by atoms with E-state index >= 15 is 0 Å². The fourth-order valence-corrected chi connectivity index (χ4v) is 4.02. The molecule has 31 heavy (non-hydrogen) atoms. The molecule has 0 unspecified atom stereocenters. The smallest absolute Gasteiger partial charge is 0.278 e. The summed E-state index contributed by atoms with van der Waals surface area (Å²) in [6, 6.07) is 13.5. The van der Waals surface area contributed by atoms with Crippen LogP contribution >= 0.6 is 0 Å². The van der Waals surface area contributed by atoms with E-state index in [0.29, 0.717) is 18.6 Å². The minimum absolute atomic E-state index is 0.211. The molecule has 2 aromatic rings. The molecule has 0 saturated carbocycles. The molecule has 4 rings (SSSR count). The molecule has 162 valence electrons. The fraction of sp³-hybridized carbons (Fsp3) is 0.333. The number of carbonyl (C=O) groups excluding carboxylic acids is 2. The Balaban J connectivity index is 1.62. The number of nitrogens with zero attached hydrogens (tertiary/aromatic N) is 2. The van der Waals surface area contributed by atoms with Crippen molar-refractivity contribution in [1.29, 1.82) is 0 Å². The summed E-state index contributed by atoms with van der Waals surface area (Å²) in [5.74, 6) is -1.17. The molecule has 2 amide bonds. The third kappa shape index (κ3) is 4.46. The molecule has 0 aliphatic carbocycles. The van der Waals surface area contributed by atoms with Gasteiger partial charge in [0.15, 0.2) is 0 Å². The first kappa shape index (κ1) is 21.1. The molecule has 2 aromatic carbocycles. The van der Waals surface area contributed by atoms with Gasteiger partial charge in [0, 0.05) is 44.7 Å². The first-order valence-electron chi connectivity index (χ1n) is 10.6. The molecule has 0 radical (unpaired) electrons. The van der Waals surface area contributed by atoms with E-state index in [1.165, 1.54) is 42.0 Å². The normalized spacial score (nSPS) is 16.6. The van der Waals surface area contributed by atoms with Gasteiger partial charge in [-0.2, -0.15) is 0 Å². The number of anilines is 2. The third-order valence-corrected chi connectivity index (χ3v) is 5.64. The third-order valence-electron chi connectivity index (χ3n) is 5.64. The number of hydrogen-bond acceptors (Lipinski definition) is 5. The minimum atomic E-state index is -0.398. The molecule has 2 aliphatic heterocycles. The van der Waals surface area contributed by atoms with Gasteiger partial charge in [0.25, 0.3) is 11.8 Å². The van der Waals surface area contributed by atoms with Crippen LogP contribution in [-0.4, -0.2) is 50.1 Å². The summed E-state index contributed by atoms with van der Waals surface area (Å²) < 4.78 is 18.5. The van der Waals surface area contributed by atoms with Crippen LogP contribution in [0.2, 0.25) is 0 Å². The topological polar surface area (TPSA) is 61.9 Å². The standard InChI is InChI=1S/C24H26FN3O3/c1-31-16-4-15-28-23(29)21(17-5-7-18(25)8-6-17)22(24(28)30)26-19-9-11-20(12-10-19)27-13-2-3-14-27/h5-12,26H,2-4,13-16H2,1H3. The molecule has 1 N–H and O–H groups in total. The predicted molar refractivity (Wildman–Crippen MR) is 118 cm³/mol. The zero-order chi connectivity index (χ0) is 21.8. The SMILES string of the molecule is COCCCN1C(=O)C(Nc2ccc(N3CCCC3)cc2)=C(c2ccc(F)cc2)C1=O. The maximum atomic E-state index is 13.4. The first-order chi connectivity index (χ1) is 15.1. The Morgan fingerprint density at radius 1 is 0.968 bits per heavy atom. The van der Waals surface area contributed by atoms with Crippen LogP contribution in [0, 0.1) is 5.82 Å². The Hall–Kier alpha value is -3.19. The summed E-state index contributed by atoms with van der Waals surface area (Å²) in [5.41, 5.74) is 2.84. The highest BCUT2D eigenvalue weighted by molar-refractivity contribution is 6.36. The maximum Gasteiger partial charge on any atom is 0.278 e. The number of halogens is 1. The van der Waals surface area contributed by atoms with Crippen molar-refractivity contribution in [1.82, 2.24) is 4.90 Å². The first-order valence-corrected chi connectivity index (χ1v) is 10.6. The van der Waals surface area contributed by atoms with E-state index in [1.54, 1.807) is 7.11 Å². The van der Waals surface area contributed by atoms with Crippen molar-refractivity contribution in [2.24, 2.45) is 0 Å². The maximum absolute atomic E-state index is 13.4. The molecule has 0 bridgehead atoms. The van der Waals surface area contributed by atoms with Crippen molar-refractivity contribution in [2.75, 3.05) is 43.6 Å². The Bertz CT molecular complexity index is 980. The number of hydrogen-bond donors (Lipinski definition) is 1. The quantitative estimate of drug-likeness (QED) is 0.519. The Morgan fingerprint density at radius 2 is 1.65 bits per heavy atom. The van der Waals surface area contributed by atoms with Crippen LogP contribution in [0.1, 0.15) is 24.8 Å². The van der Waals surface area contributed by atoms with Crippen LogP contribution < -0.4 is 10.2 Å². The molecule has 2 heterocycles. The molecule has 7 heteroatoms. The molecule has 0 aromatic heterocycles. The number of ether oxygens (including phenoxy) is 1. The van der Waals surface area contributed by atoms with Crippen molar-refractivity contribution < 1.29 is 18.7 Å². The molecule has 0 spiro atoms. The Labute approximate surface area is 181 Å². The van der Waals surface area contributed by atoms with Crippen LogP contribution in [-0.2, 0) is 14.3 Å². The summed E-state index contributed by atoms with van der Waals surface area (Å²) in [4.78, 5) is 29.7. The highest BCUT2D eigenvalue weighted by Gasteiger charge is 2.38. The Morgan fingerprint density at radius 3 is 2.29 bits per heavy atom. The molecular formula is C24H26FN3O3.